The summed E-state index contributed by atoms with van der Waals surface area (Å²) >= 11 is 0. The summed E-state index contributed by atoms with van der Waals surface area (Å²) < 4.78 is 55.5. The fourth-order valence-electron chi connectivity index (χ4n) is 5.63. The molecule has 0 spiro atoms. The number of nitrogens with zero attached hydrogens (tertiary/aromatic N) is 3. The fraction of sp³-hybridized carbons (Fsp3) is 0.680. The van der Waals surface area contributed by atoms with Gasteiger partial charge in [0.05, 0.1) is 23.2 Å². The van der Waals surface area contributed by atoms with Crippen LogP contribution in [0.3, 0.4) is 0 Å². The van der Waals surface area contributed by atoms with Crippen LogP contribution in [0, 0.1) is 0 Å². The molecule has 0 amide bonds. The van der Waals surface area contributed by atoms with E-state index in [2.05, 4.69) is 15.0 Å². The molecule has 2 aromatic rings. The molecule has 1 aliphatic carbocycles. The second kappa shape index (κ2) is 9.35. The lowest BCUT2D eigenvalue weighted by molar-refractivity contribution is -0.0586. The Morgan fingerprint density at radius 3 is 2.11 bits per heavy atom. The van der Waals surface area contributed by atoms with Crippen molar-refractivity contribution in [2.24, 2.45) is 0 Å². The van der Waals surface area contributed by atoms with Crippen molar-refractivity contribution in [2.45, 2.75) is 106 Å². The summed E-state index contributed by atoms with van der Waals surface area (Å²) in [6, 6.07) is 7.63. The van der Waals surface area contributed by atoms with Crippen LogP contribution in [0.25, 0.3) is 0 Å². The third-order valence-corrected chi connectivity index (χ3v) is 8.55. The molecule has 2 aliphatic heterocycles. The number of alkyl halides is 1. The molecule has 2 atom stereocenters. The van der Waals surface area contributed by atoms with Gasteiger partial charge in [0.25, 0.3) is 0 Å². The van der Waals surface area contributed by atoms with E-state index in [-0.39, 0.29) is 36.2 Å². The van der Waals surface area contributed by atoms with Gasteiger partial charge in [-0.15, -0.1) is 0 Å². The molecule has 2 bridgehead atoms. The summed E-state index contributed by atoms with van der Waals surface area (Å²) in [7, 11) is -3.20. The number of halogens is 1. The highest BCUT2D eigenvalue weighted by molar-refractivity contribution is 7.90. The maximum Gasteiger partial charge on any atom is 0.324 e. The quantitative estimate of drug-likeness (QED) is 0.537. The summed E-state index contributed by atoms with van der Waals surface area (Å²) in [5.41, 5.74) is -1.62. The molecule has 3 aliphatic rings. The van der Waals surface area contributed by atoms with Crippen LogP contribution < -0.4 is 9.64 Å². The van der Waals surface area contributed by atoms with E-state index in [4.69, 9.17) is 14.0 Å². The third kappa shape index (κ3) is 5.48. The first-order valence-corrected chi connectivity index (χ1v) is 14.4. The van der Waals surface area contributed by atoms with Gasteiger partial charge < -0.3 is 18.9 Å². The van der Waals surface area contributed by atoms with E-state index in [0.29, 0.717) is 16.7 Å². The van der Waals surface area contributed by atoms with Gasteiger partial charge in [-0.05, 0) is 89.5 Å². The zero-order valence-corrected chi connectivity index (χ0v) is 21.3. The van der Waals surface area contributed by atoms with E-state index < -0.39 is 15.5 Å². The van der Waals surface area contributed by atoms with Crippen LogP contribution >= 0.6 is 0 Å². The van der Waals surface area contributed by atoms with Gasteiger partial charge in [-0.2, -0.15) is 4.98 Å². The maximum atomic E-state index is 14.2. The average molecular weight is 508 g/mol. The van der Waals surface area contributed by atoms with Crippen LogP contribution in [0.4, 0.5) is 10.4 Å². The number of fused-ring (bicyclic) bond motifs is 2. The molecule has 1 saturated carbocycles. The Balaban J connectivity index is 1.10. The molecule has 1 aromatic heterocycles. The van der Waals surface area contributed by atoms with Crippen LogP contribution in [0.15, 0.2) is 33.7 Å². The summed E-state index contributed by atoms with van der Waals surface area (Å²) in [5.74, 6) is 0.793. The van der Waals surface area contributed by atoms with Gasteiger partial charge in [0, 0.05) is 18.3 Å². The molecule has 2 saturated heterocycles. The number of benzene rings is 1. The van der Waals surface area contributed by atoms with Crippen LogP contribution in [0.5, 0.6) is 5.75 Å². The molecule has 1 aromatic carbocycles. The largest absolute Gasteiger partial charge is 0.490 e. The Bertz CT molecular complexity index is 1110. The number of anilines is 1. The normalized spacial score (nSPS) is 29.4. The van der Waals surface area contributed by atoms with Gasteiger partial charge >= 0.3 is 6.01 Å². The van der Waals surface area contributed by atoms with Gasteiger partial charge in [0.1, 0.15) is 5.75 Å². The monoisotopic (exact) mass is 507 g/mol. The molecular formula is C25H34FN3O5S. The number of hydrogen-bond acceptors (Lipinski definition) is 8. The van der Waals surface area contributed by atoms with Crippen molar-refractivity contribution < 1.29 is 26.8 Å². The smallest absolute Gasteiger partial charge is 0.324 e. The van der Waals surface area contributed by atoms with Crippen molar-refractivity contribution in [3.05, 3.63) is 30.1 Å². The van der Waals surface area contributed by atoms with Crippen molar-refractivity contribution in [2.75, 3.05) is 11.2 Å². The first-order valence-electron chi connectivity index (χ1n) is 12.5. The van der Waals surface area contributed by atoms with Crippen LogP contribution in [-0.4, -0.2) is 55.2 Å². The molecule has 3 fully saturated rings. The second-order valence-corrected chi connectivity index (χ2v) is 12.7. The van der Waals surface area contributed by atoms with Crippen molar-refractivity contribution >= 4 is 15.9 Å². The number of sulfone groups is 1. The minimum Gasteiger partial charge on any atom is -0.490 e. The second-order valence-electron chi connectivity index (χ2n) is 10.7. The SMILES string of the molecule is CC(C)(F)c1noc(N2[C@H]3CC[C@H]2CC(OC2CCC(Oc4ccc(S(C)(=O)=O)cc4)CC2)C3)n1. The van der Waals surface area contributed by atoms with Gasteiger partial charge in [-0.3, -0.25) is 0 Å². The number of piperidine rings is 1. The van der Waals surface area contributed by atoms with Gasteiger partial charge in [-0.25, -0.2) is 12.8 Å². The molecule has 0 unspecified atom stereocenters. The molecule has 8 nitrogen and oxygen atoms in total. The van der Waals surface area contributed by atoms with E-state index in [0.717, 1.165) is 51.4 Å². The first-order chi connectivity index (χ1) is 16.6. The van der Waals surface area contributed by atoms with Crippen molar-refractivity contribution in [1.82, 2.24) is 10.1 Å². The molecule has 5 rings (SSSR count). The number of ether oxygens (including phenoxy) is 2. The molecule has 3 heterocycles. The van der Waals surface area contributed by atoms with Crippen molar-refractivity contribution in [1.29, 1.82) is 0 Å². The Labute approximate surface area is 206 Å². The fourth-order valence-corrected chi connectivity index (χ4v) is 6.26. The zero-order chi connectivity index (χ0) is 24.8. The number of hydrogen-bond donors (Lipinski definition) is 0. The molecule has 35 heavy (non-hydrogen) atoms. The van der Waals surface area contributed by atoms with Crippen LogP contribution in [0.2, 0.25) is 0 Å². The molecular weight excluding hydrogens is 473 g/mol. The van der Waals surface area contributed by atoms with E-state index in [9.17, 15) is 12.8 Å². The summed E-state index contributed by atoms with van der Waals surface area (Å²) in [6.07, 6.45) is 9.39. The average Bonchev–Trinajstić information content (AvgIpc) is 3.38. The zero-order valence-electron chi connectivity index (χ0n) is 20.5. The van der Waals surface area contributed by atoms with Gasteiger partial charge in [0.2, 0.25) is 5.82 Å². The Hall–Kier alpha value is -2.20. The van der Waals surface area contributed by atoms with Crippen molar-refractivity contribution in [3.63, 3.8) is 0 Å². The minimum absolute atomic E-state index is 0.0931. The lowest BCUT2D eigenvalue weighted by Gasteiger charge is -2.39. The van der Waals surface area contributed by atoms with E-state index in [1.807, 2.05) is 0 Å². The standard InChI is InChI=1S/C25H34FN3O5S/c1-25(2,26)23-27-24(34-28-23)29-16-4-5-17(29)15-21(14-16)33-19-8-6-18(7-9-19)32-20-10-12-22(13-11-20)35(3,30)31/h10-13,16-19,21H,4-9,14-15H2,1-3H3/t16-,17-,18?,19?/m0/s1. The van der Waals surface area contributed by atoms with E-state index >= 15 is 0 Å². The predicted molar refractivity (Wildman–Crippen MR) is 128 cm³/mol. The maximum absolute atomic E-state index is 14.2. The predicted octanol–water partition coefficient (Wildman–Crippen LogP) is 4.58. The highest BCUT2D eigenvalue weighted by Crippen LogP contribution is 2.41. The van der Waals surface area contributed by atoms with Crippen LogP contribution in [-0.2, 0) is 20.2 Å². The Morgan fingerprint density at radius 2 is 1.57 bits per heavy atom. The summed E-state index contributed by atoms with van der Waals surface area (Å²) in [4.78, 5) is 6.82. The first kappa shape index (κ1) is 24.5. The molecule has 192 valence electrons. The summed E-state index contributed by atoms with van der Waals surface area (Å²) in [6.45, 7) is 2.87. The Morgan fingerprint density at radius 1 is 0.971 bits per heavy atom. The number of rotatable bonds is 7. The van der Waals surface area contributed by atoms with Crippen LogP contribution in [0.1, 0.15) is 71.0 Å². The molecule has 10 heteroatoms. The van der Waals surface area contributed by atoms with Gasteiger partial charge in [-0.1, -0.05) is 5.16 Å². The highest BCUT2D eigenvalue weighted by atomic mass is 32.2. The number of aromatic nitrogens is 2. The minimum atomic E-state index is -3.20. The Kier molecular flexibility index (Phi) is 6.54. The molecule has 0 radical (unpaired) electrons. The van der Waals surface area contributed by atoms with Gasteiger partial charge in [0.15, 0.2) is 15.5 Å². The van der Waals surface area contributed by atoms with E-state index in [1.54, 1.807) is 24.3 Å². The van der Waals surface area contributed by atoms with Crippen molar-refractivity contribution in [3.8, 4) is 5.75 Å². The lowest BCUT2D eigenvalue weighted by Crippen LogP contribution is -2.47. The summed E-state index contributed by atoms with van der Waals surface area (Å²) in [5, 5.41) is 3.85. The third-order valence-electron chi connectivity index (χ3n) is 7.42. The molecule has 0 N–H and O–H groups in total. The van der Waals surface area contributed by atoms with E-state index in [1.165, 1.54) is 20.1 Å². The highest BCUT2D eigenvalue weighted by Gasteiger charge is 2.45. The topological polar surface area (TPSA) is 94.8 Å². The lowest BCUT2D eigenvalue weighted by atomic mass is 9.93.